The maximum atomic E-state index is 13.1. The molecule has 10 atom stereocenters. The molecule has 6 bridgehead atoms. The van der Waals surface area contributed by atoms with Crippen molar-refractivity contribution < 1.29 is 72.8 Å². The molecule has 0 unspecified atom stereocenters. The zero-order chi connectivity index (χ0) is 39.5. The number of fused-ring (bicyclic) bond motifs is 6. The summed E-state index contributed by atoms with van der Waals surface area (Å²) >= 11 is 0. The first-order valence-corrected chi connectivity index (χ1v) is 18.0. The lowest BCUT2D eigenvalue weighted by Gasteiger charge is -2.53. The summed E-state index contributed by atoms with van der Waals surface area (Å²) in [5.74, 6) is -7.18. The quantitative estimate of drug-likeness (QED) is 0.141. The fraction of sp³-hybridized carbons (Fsp3) is 0.737. The molecule has 4 aliphatic heterocycles. The van der Waals surface area contributed by atoms with E-state index in [1.54, 1.807) is 39.8 Å². The highest BCUT2D eigenvalue weighted by molar-refractivity contribution is 5.83. The maximum absolute atomic E-state index is 13.1. The summed E-state index contributed by atoms with van der Waals surface area (Å²) in [6.07, 6.45) is -3.32. The predicted molar refractivity (Wildman–Crippen MR) is 185 cm³/mol. The minimum Gasteiger partial charge on any atom is -0.466 e. The highest BCUT2D eigenvalue weighted by Crippen LogP contribution is 2.50. The van der Waals surface area contributed by atoms with Gasteiger partial charge in [0.05, 0.1) is 56.1 Å². The van der Waals surface area contributed by atoms with Crippen LogP contribution in [-0.2, 0) is 52.3 Å². The second kappa shape index (κ2) is 16.7. The van der Waals surface area contributed by atoms with Gasteiger partial charge in [-0.15, -0.1) is 0 Å². The summed E-state index contributed by atoms with van der Waals surface area (Å²) < 4.78 is 40.7. The molecule has 4 aliphatic rings. The Kier molecular flexibility index (Phi) is 13.4. The Morgan fingerprint density at radius 3 is 2.25 bits per heavy atom. The monoisotopic (exact) mass is 752 g/mol. The molecule has 53 heavy (non-hydrogen) atoms. The molecule has 4 N–H and O–H groups in total. The van der Waals surface area contributed by atoms with Crippen LogP contribution in [0, 0.1) is 10.8 Å². The molecule has 0 aromatic heterocycles. The number of methoxy groups -OCH3 is 1. The first-order chi connectivity index (χ1) is 24.6. The molecule has 15 heteroatoms. The van der Waals surface area contributed by atoms with Gasteiger partial charge in [0.1, 0.15) is 12.2 Å². The molecule has 15 nitrogen and oxygen atoms in total. The summed E-state index contributed by atoms with van der Waals surface area (Å²) in [7, 11) is 1.17. The smallest absolute Gasteiger partial charge is 0.330 e. The molecule has 3 saturated heterocycles. The van der Waals surface area contributed by atoms with Gasteiger partial charge in [-0.05, 0) is 24.8 Å². The number of carbonyl (C=O) groups excluding carboxylic acids is 4. The van der Waals surface area contributed by atoms with Crippen molar-refractivity contribution >= 4 is 23.9 Å². The molecule has 298 valence electrons. The number of cyclic esters (lactones) is 1. The third-order valence-electron chi connectivity index (χ3n) is 10.7. The Hall–Kier alpha value is -3.18. The molecule has 0 saturated carbocycles. The lowest BCUT2D eigenvalue weighted by molar-refractivity contribution is -0.348. The third-order valence-corrected chi connectivity index (χ3v) is 10.7. The summed E-state index contributed by atoms with van der Waals surface area (Å²) in [6.45, 7) is 12.7. The van der Waals surface area contributed by atoms with Crippen LogP contribution < -0.4 is 0 Å². The van der Waals surface area contributed by atoms with Gasteiger partial charge in [0.15, 0.2) is 11.9 Å². The third kappa shape index (κ3) is 9.93. The standard InChI is InChI=1S/C38H56O15/c1-21-11-26-9-10-35(4,5)38(46)34(49-23(3)41)24(14-32(43)47-8)13-27(53-38)17-30(20-39)51-33(44)16-25(42)15-28-18-31(48-22(2)40)36(6,7)37(45,52-28)19-29(12-21)50-26/h9-10,14,25-31,34,39,42,45-46H,1,11-13,15-20H2,2-8H3/b10-9+,24-14+/t25-,26+,27+,28-,29+,30-,31+,34+,37+,38-/m1/s1. The molecule has 4 rings (SSSR count). The summed E-state index contributed by atoms with van der Waals surface area (Å²) in [4.78, 5) is 50.1. The van der Waals surface area contributed by atoms with E-state index >= 15 is 0 Å². The number of hydrogen-bond donors (Lipinski definition) is 4. The number of aliphatic hydroxyl groups excluding tert-OH is 2. The van der Waals surface area contributed by atoms with Crippen LogP contribution in [0.25, 0.3) is 0 Å². The van der Waals surface area contributed by atoms with Gasteiger partial charge in [-0.1, -0.05) is 52.0 Å². The van der Waals surface area contributed by atoms with Crippen LogP contribution in [0.15, 0.2) is 36.0 Å². The van der Waals surface area contributed by atoms with Gasteiger partial charge in [0.2, 0.25) is 5.79 Å². The minimum atomic E-state index is -2.32. The number of esters is 4. The summed E-state index contributed by atoms with van der Waals surface area (Å²) in [6, 6.07) is 0. The molecule has 0 spiro atoms. The van der Waals surface area contributed by atoms with Gasteiger partial charge in [0, 0.05) is 51.0 Å². The topological polar surface area (TPSA) is 214 Å². The Bertz CT molecular complexity index is 1450. The van der Waals surface area contributed by atoms with Crippen LogP contribution in [0.4, 0.5) is 0 Å². The summed E-state index contributed by atoms with van der Waals surface area (Å²) in [5.41, 5.74) is -1.52. The lowest BCUT2D eigenvalue weighted by atomic mass is 9.70. The number of aliphatic hydroxyl groups is 4. The second-order valence-corrected chi connectivity index (χ2v) is 15.8. The zero-order valence-electron chi connectivity index (χ0n) is 31.7. The van der Waals surface area contributed by atoms with E-state index in [4.69, 9.17) is 33.2 Å². The van der Waals surface area contributed by atoms with Gasteiger partial charge >= 0.3 is 23.9 Å². The van der Waals surface area contributed by atoms with Crippen molar-refractivity contribution in [1.82, 2.24) is 0 Å². The lowest BCUT2D eigenvalue weighted by Crippen LogP contribution is -2.62. The van der Waals surface area contributed by atoms with Crippen molar-refractivity contribution in [3.63, 3.8) is 0 Å². The van der Waals surface area contributed by atoms with Gasteiger partial charge in [-0.2, -0.15) is 0 Å². The molecular weight excluding hydrogens is 696 g/mol. The Morgan fingerprint density at radius 1 is 0.943 bits per heavy atom. The molecular formula is C38H56O15. The first-order valence-electron chi connectivity index (χ1n) is 18.0. The minimum absolute atomic E-state index is 0.0672. The number of ether oxygens (including phenoxy) is 7. The molecule has 4 heterocycles. The maximum Gasteiger partial charge on any atom is 0.330 e. The van der Waals surface area contributed by atoms with E-state index in [9.17, 15) is 39.6 Å². The van der Waals surface area contributed by atoms with Crippen molar-refractivity contribution in [2.75, 3.05) is 13.7 Å². The molecule has 0 aromatic rings. The van der Waals surface area contributed by atoms with Crippen LogP contribution in [0.3, 0.4) is 0 Å². The zero-order valence-corrected chi connectivity index (χ0v) is 31.7. The van der Waals surface area contributed by atoms with Gasteiger partial charge in [0.25, 0.3) is 0 Å². The fourth-order valence-corrected chi connectivity index (χ4v) is 7.69. The van der Waals surface area contributed by atoms with Gasteiger partial charge < -0.3 is 53.6 Å². The van der Waals surface area contributed by atoms with Crippen LogP contribution in [0.2, 0.25) is 0 Å². The molecule has 0 aromatic carbocycles. The van der Waals surface area contributed by atoms with E-state index in [1.807, 2.05) is 0 Å². The molecule has 0 aliphatic carbocycles. The van der Waals surface area contributed by atoms with Crippen LogP contribution >= 0.6 is 0 Å². The predicted octanol–water partition coefficient (Wildman–Crippen LogP) is 2.46. The first kappa shape index (κ1) is 42.6. The second-order valence-electron chi connectivity index (χ2n) is 15.8. The van der Waals surface area contributed by atoms with Crippen LogP contribution in [0.1, 0.15) is 92.9 Å². The van der Waals surface area contributed by atoms with Crippen molar-refractivity contribution in [2.45, 2.75) is 153 Å². The molecule has 0 amide bonds. The highest BCUT2D eigenvalue weighted by atomic mass is 16.7. The average molecular weight is 753 g/mol. The van der Waals surface area contributed by atoms with E-state index in [0.29, 0.717) is 12.8 Å². The number of rotatable bonds is 4. The van der Waals surface area contributed by atoms with E-state index in [-0.39, 0.29) is 37.7 Å². The summed E-state index contributed by atoms with van der Waals surface area (Å²) in [5, 5.41) is 45.9. The van der Waals surface area contributed by atoms with Crippen molar-refractivity contribution in [3.8, 4) is 0 Å². The Morgan fingerprint density at radius 2 is 1.62 bits per heavy atom. The Labute approximate surface area is 310 Å². The normalized spacial score (nSPS) is 39.2. The van der Waals surface area contributed by atoms with Crippen molar-refractivity contribution in [3.05, 3.63) is 36.0 Å². The fourth-order valence-electron chi connectivity index (χ4n) is 7.69. The number of hydrogen-bond acceptors (Lipinski definition) is 15. The van der Waals surface area contributed by atoms with Crippen LogP contribution in [0.5, 0.6) is 0 Å². The van der Waals surface area contributed by atoms with Crippen molar-refractivity contribution in [2.24, 2.45) is 10.8 Å². The Balaban J connectivity index is 1.80. The van der Waals surface area contributed by atoms with E-state index < -0.39 is 108 Å². The van der Waals surface area contributed by atoms with E-state index in [1.165, 1.54) is 14.0 Å². The average Bonchev–Trinajstić information content (AvgIpc) is 3.02. The SMILES string of the molecule is C=C1C[C@H]2C[C@]3(O)O[C@H](C[C@@H](O)CC(=O)O[C@@H](CO)C[C@@H]4C/C(=C\C(=O)OC)[C@H](OC(C)=O)[C@@](O)(O4)C(C)(C)/C=C/[C@@H](C1)O2)C[C@H](OC(C)=O)C3(C)C. The van der Waals surface area contributed by atoms with Gasteiger partial charge in [-0.25, -0.2) is 4.79 Å². The van der Waals surface area contributed by atoms with Crippen molar-refractivity contribution in [1.29, 1.82) is 0 Å². The van der Waals surface area contributed by atoms with Gasteiger partial charge in [-0.3, -0.25) is 14.4 Å². The molecule has 3 fully saturated rings. The largest absolute Gasteiger partial charge is 0.466 e. The number of carbonyl (C=O) groups is 4. The molecule has 0 radical (unpaired) electrons. The van der Waals surface area contributed by atoms with E-state index in [0.717, 1.165) is 18.6 Å². The highest BCUT2D eigenvalue weighted by Gasteiger charge is 2.59. The van der Waals surface area contributed by atoms with Crippen LogP contribution in [-0.4, -0.2) is 118 Å². The van der Waals surface area contributed by atoms with E-state index in [2.05, 4.69) is 6.58 Å².